The monoisotopic (exact) mass is 458 g/mol. The van der Waals surface area contributed by atoms with Crippen molar-refractivity contribution in [1.29, 1.82) is 0 Å². The van der Waals surface area contributed by atoms with Crippen molar-refractivity contribution in [1.82, 2.24) is 23.9 Å². The van der Waals surface area contributed by atoms with Gasteiger partial charge in [0, 0.05) is 36.6 Å². The fourth-order valence-corrected chi connectivity index (χ4v) is 5.24. The van der Waals surface area contributed by atoms with E-state index in [1.54, 1.807) is 16.6 Å². The van der Waals surface area contributed by atoms with Crippen LogP contribution in [0.5, 0.6) is 0 Å². The number of aromatic nitrogens is 4. The second-order valence-electron chi connectivity index (χ2n) is 7.77. The number of nitrogens with zero attached hydrogens (tertiary/aromatic N) is 5. The summed E-state index contributed by atoms with van der Waals surface area (Å²) in [6.45, 7) is 7.04. The molecule has 1 aliphatic rings. The number of benzene rings is 1. The first-order chi connectivity index (χ1) is 15.3. The number of hydrogen-bond donors (Lipinski definition) is 1. The van der Waals surface area contributed by atoms with Crippen molar-refractivity contribution in [3.8, 4) is 0 Å². The largest absolute Gasteiger partial charge is 0.379 e. The van der Waals surface area contributed by atoms with Gasteiger partial charge in [0.1, 0.15) is 6.33 Å². The summed E-state index contributed by atoms with van der Waals surface area (Å²) in [5.41, 5.74) is 3.93. The molecule has 32 heavy (non-hydrogen) atoms. The average Bonchev–Trinajstić information content (AvgIpc) is 3.24. The maximum absolute atomic E-state index is 12.9. The van der Waals surface area contributed by atoms with E-state index < -0.39 is 10.0 Å². The van der Waals surface area contributed by atoms with Crippen molar-refractivity contribution in [3.63, 3.8) is 0 Å². The smallest absolute Gasteiger partial charge is 0.252 e. The van der Waals surface area contributed by atoms with E-state index in [0.717, 1.165) is 22.5 Å². The van der Waals surface area contributed by atoms with Crippen LogP contribution in [-0.4, -0.2) is 64.5 Å². The van der Waals surface area contributed by atoms with E-state index in [1.165, 1.54) is 16.7 Å². The van der Waals surface area contributed by atoms with Gasteiger partial charge in [-0.2, -0.15) is 14.4 Å². The quantitative estimate of drug-likeness (QED) is 0.596. The molecule has 1 saturated heterocycles. The van der Waals surface area contributed by atoms with E-state index in [-0.39, 0.29) is 17.2 Å². The summed E-state index contributed by atoms with van der Waals surface area (Å²) >= 11 is 0. The number of carbonyl (C=O) groups excluding carboxylic acids is 1. The van der Waals surface area contributed by atoms with Gasteiger partial charge in [0.2, 0.25) is 15.9 Å². The Bertz CT molecular complexity index is 1260. The molecular formula is C21H26N6O4S. The van der Waals surface area contributed by atoms with Gasteiger partial charge >= 0.3 is 0 Å². The van der Waals surface area contributed by atoms with Gasteiger partial charge in [-0.25, -0.2) is 17.9 Å². The second kappa shape index (κ2) is 8.93. The van der Waals surface area contributed by atoms with Crippen LogP contribution < -0.4 is 5.32 Å². The second-order valence-corrected chi connectivity index (χ2v) is 9.71. The lowest BCUT2D eigenvalue weighted by molar-refractivity contribution is -0.116. The number of aryl methyl sites for hydroxylation is 3. The summed E-state index contributed by atoms with van der Waals surface area (Å²) in [5, 5.41) is 7.04. The molecule has 1 amide bonds. The lowest BCUT2D eigenvalue weighted by Gasteiger charge is -2.26. The number of fused-ring (bicyclic) bond motifs is 1. The molecule has 4 rings (SSSR count). The maximum Gasteiger partial charge on any atom is 0.252 e. The molecule has 11 heteroatoms. The predicted octanol–water partition coefficient (Wildman–Crippen LogP) is 1.64. The summed E-state index contributed by atoms with van der Waals surface area (Å²) in [7, 11) is -3.64. The third-order valence-corrected chi connectivity index (χ3v) is 7.58. The highest BCUT2D eigenvalue weighted by atomic mass is 32.2. The number of morpholine rings is 1. The van der Waals surface area contributed by atoms with Gasteiger partial charge in [-0.05, 0) is 50.5 Å². The lowest BCUT2D eigenvalue weighted by Crippen LogP contribution is -2.40. The Morgan fingerprint density at radius 1 is 1.19 bits per heavy atom. The van der Waals surface area contributed by atoms with Crippen LogP contribution in [0.15, 0.2) is 29.4 Å². The Balaban J connectivity index is 1.48. The van der Waals surface area contributed by atoms with Crippen LogP contribution in [0.1, 0.15) is 28.9 Å². The van der Waals surface area contributed by atoms with E-state index in [2.05, 4.69) is 20.4 Å². The van der Waals surface area contributed by atoms with Gasteiger partial charge in [-0.3, -0.25) is 4.79 Å². The topological polar surface area (TPSA) is 119 Å². The van der Waals surface area contributed by atoms with Gasteiger partial charge in [0.25, 0.3) is 5.78 Å². The van der Waals surface area contributed by atoms with Gasteiger partial charge in [0.05, 0.1) is 18.1 Å². The number of ether oxygens (including phenoxy) is 1. The fraction of sp³-hybridized carbons (Fsp3) is 0.429. The molecule has 0 bridgehead atoms. The predicted molar refractivity (Wildman–Crippen MR) is 118 cm³/mol. The maximum atomic E-state index is 12.9. The Morgan fingerprint density at radius 2 is 1.94 bits per heavy atom. The first-order valence-electron chi connectivity index (χ1n) is 10.4. The van der Waals surface area contributed by atoms with Crippen LogP contribution in [0.2, 0.25) is 0 Å². The van der Waals surface area contributed by atoms with Crippen molar-refractivity contribution in [2.45, 2.75) is 38.5 Å². The fourth-order valence-electron chi connectivity index (χ4n) is 3.80. The van der Waals surface area contributed by atoms with Gasteiger partial charge < -0.3 is 10.1 Å². The van der Waals surface area contributed by atoms with Crippen molar-refractivity contribution in [3.05, 3.63) is 47.0 Å². The summed E-state index contributed by atoms with van der Waals surface area (Å²) in [6, 6.07) is 4.80. The number of nitrogens with one attached hydrogen (secondary N) is 1. The van der Waals surface area contributed by atoms with E-state index in [9.17, 15) is 13.2 Å². The Labute approximate surface area is 186 Å². The third-order valence-electron chi connectivity index (χ3n) is 5.68. The van der Waals surface area contributed by atoms with Crippen LogP contribution in [0.25, 0.3) is 5.78 Å². The summed E-state index contributed by atoms with van der Waals surface area (Å²) in [6.07, 6.45) is 2.16. The first kappa shape index (κ1) is 22.3. The highest BCUT2D eigenvalue weighted by molar-refractivity contribution is 7.89. The number of rotatable bonds is 6. The molecule has 3 heterocycles. The van der Waals surface area contributed by atoms with Crippen molar-refractivity contribution >= 4 is 27.4 Å². The molecule has 0 aliphatic carbocycles. The highest BCUT2D eigenvalue weighted by Gasteiger charge is 2.27. The van der Waals surface area contributed by atoms with E-state index in [0.29, 0.717) is 44.2 Å². The minimum atomic E-state index is -3.64. The molecule has 0 atom stereocenters. The lowest BCUT2D eigenvalue weighted by atomic mass is 10.1. The van der Waals surface area contributed by atoms with E-state index in [4.69, 9.17) is 4.74 Å². The molecular weight excluding hydrogens is 432 g/mol. The SMILES string of the molecule is Cc1ccc(S(=O)(=O)N2CCOCC2)cc1NC(=O)CCc1c(C)nc2ncnn2c1C. The molecule has 2 aromatic heterocycles. The van der Waals surface area contributed by atoms with Crippen molar-refractivity contribution in [2.75, 3.05) is 31.6 Å². The number of carbonyl (C=O) groups is 1. The van der Waals surface area contributed by atoms with E-state index in [1.807, 2.05) is 20.8 Å². The molecule has 0 spiro atoms. The summed E-state index contributed by atoms with van der Waals surface area (Å²) < 4.78 is 34.2. The van der Waals surface area contributed by atoms with Crippen LogP contribution in [0, 0.1) is 20.8 Å². The molecule has 0 radical (unpaired) electrons. The Morgan fingerprint density at radius 3 is 2.69 bits per heavy atom. The minimum Gasteiger partial charge on any atom is -0.379 e. The zero-order valence-electron chi connectivity index (χ0n) is 18.3. The molecule has 1 aromatic carbocycles. The van der Waals surface area contributed by atoms with Gasteiger partial charge in [0.15, 0.2) is 0 Å². The number of anilines is 1. The third kappa shape index (κ3) is 4.36. The molecule has 10 nitrogen and oxygen atoms in total. The van der Waals surface area contributed by atoms with Crippen LogP contribution in [0.4, 0.5) is 5.69 Å². The number of amides is 1. The molecule has 0 unspecified atom stereocenters. The molecule has 0 saturated carbocycles. The molecule has 1 fully saturated rings. The average molecular weight is 459 g/mol. The summed E-state index contributed by atoms with van der Waals surface area (Å²) in [5.74, 6) is 0.327. The first-order valence-corrected chi connectivity index (χ1v) is 11.9. The van der Waals surface area contributed by atoms with Crippen molar-refractivity contribution in [2.24, 2.45) is 0 Å². The molecule has 3 aromatic rings. The zero-order chi connectivity index (χ0) is 22.9. The normalized spacial score (nSPS) is 15.2. The zero-order valence-corrected chi connectivity index (χ0v) is 19.1. The van der Waals surface area contributed by atoms with Gasteiger partial charge in [-0.15, -0.1) is 0 Å². The van der Waals surface area contributed by atoms with Crippen LogP contribution in [0.3, 0.4) is 0 Å². The standard InChI is InChI=1S/C21H26N6O4S/c1-14-4-5-17(32(29,30)26-8-10-31-11-9-26)12-19(14)25-20(28)7-6-18-15(2)24-21-22-13-23-27(21)16(18)3/h4-5,12-13H,6-11H2,1-3H3,(H,25,28). The highest BCUT2D eigenvalue weighted by Crippen LogP contribution is 2.24. The Kier molecular flexibility index (Phi) is 6.22. The molecule has 170 valence electrons. The molecule has 1 aliphatic heterocycles. The minimum absolute atomic E-state index is 0.160. The number of hydrogen-bond acceptors (Lipinski definition) is 7. The van der Waals surface area contributed by atoms with Crippen LogP contribution in [-0.2, 0) is 26.0 Å². The van der Waals surface area contributed by atoms with Gasteiger partial charge in [-0.1, -0.05) is 6.07 Å². The molecule has 1 N–H and O–H groups in total. The summed E-state index contributed by atoms with van der Waals surface area (Å²) in [4.78, 5) is 21.4. The van der Waals surface area contributed by atoms with E-state index >= 15 is 0 Å². The Hall–Kier alpha value is -2.89. The van der Waals surface area contributed by atoms with Crippen LogP contribution >= 0.6 is 0 Å². The van der Waals surface area contributed by atoms with Crippen molar-refractivity contribution < 1.29 is 17.9 Å². The number of sulfonamides is 1.